The van der Waals surface area contributed by atoms with Gasteiger partial charge >= 0.3 is 6.09 Å². The van der Waals surface area contributed by atoms with Crippen LogP contribution in [0.2, 0.25) is 0 Å². The number of amides is 2. The molecular formula is C28H32N4O5. The van der Waals surface area contributed by atoms with Gasteiger partial charge in [-0.3, -0.25) is 4.79 Å². The van der Waals surface area contributed by atoms with Crippen LogP contribution in [-0.2, 0) is 14.3 Å². The van der Waals surface area contributed by atoms with Crippen LogP contribution in [0.5, 0.6) is 0 Å². The first-order valence-corrected chi connectivity index (χ1v) is 12.5. The second-order valence-corrected chi connectivity index (χ2v) is 9.88. The molecule has 0 aliphatic carbocycles. The summed E-state index contributed by atoms with van der Waals surface area (Å²) in [6, 6.07) is 12.8. The van der Waals surface area contributed by atoms with E-state index in [-0.39, 0.29) is 24.7 Å². The van der Waals surface area contributed by atoms with Gasteiger partial charge in [-0.25, -0.2) is 9.78 Å². The Kier molecular flexibility index (Phi) is 7.79. The van der Waals surface area contributed by atoms with Crippen molar-refractivity contribution >= 4 is 28.8 Å². The third-order valence-corrected chi connectivity index (χ3v) is 6.59. The lowest BCUT2D eigenvalue weighted by Gasteiger charge is -2.34. The van der Waals surface area contributed by atoms with Crippen molar-refractivity contribution in [2.45, 2.75) is 58.7 Å². The van der Waals surface area contributed by atoms with E-state index in [0.717, 1.165) is 17.5 Å². The summed E-state index contributed by atoms with van der Waals surface area (Å²) in [6.07, 6.45) is 1.68. The number of benzene rings is 2. The summed E-state index contributed by atoms with van der Waals surface area (Å²) in [5, 5.41) is 12.0. The molecule has 1 saturated heterocycles. The summed E-state index contributed by atoms with van der Waals surface area (Å²) in [6.45, 7) is 8.68. The minimum absolute atomic E-state index is 0.0641. The molecule has 1 aliphatic rings. The number of nitrogens with one attached hydrogen (secondary N) is 1. The van der Waals surface area contributed by atoms with E-state index in [0.29, 0.717) is 54.2 Å². The SMILES string of the molecule is CCC(C)(C)OC(=O)N1CCC(OCC(=O)Nc2ccc(-c3nc4cc(C#N)cc(C)c4o3)cc2)CC1. The number of rotatable bonds is 7. The summed E-state index contributed by atoms with van der Waals surface area (Å²) in [4.78, 5) is 30.9. The Hall–Kier alpha value is -3.90. The summed E-state index contributed by atoms with van der Waals surface area (Å²) in [7, 11) is 0. The van der Waals surface area contributed by atoms with Gasteiger partial charge in [-0.15, -0.1) is 0 Å². The molecule has 194 valence electrons. The Bertz CT molecular complexity index is 1310. The number of carbonyl (C=O) groups excluding carboxylic acids is 2. The fourth-order valence-electron chi connectivity index (χ4n) is 4.05. The van der Waals surface area contributed by atoms with Crippen molar-refractivity contribution in [1.29, 1.82) is 5.26 Å². The third kappa shape index (κ3) is 6.46. The van der Waals surface area contributed by atoms with Gasteiger partial charge in [0.15, 0.2) is 5.58 Å². The van der Waals surface area contributed by atoms with Crippen LogP contribution in [0.1, 0.15) is 51.2 Å². The molecule has 2 aromatic carbocycles. The summed E-state index contributed by atoms with van der Waals surface area (Å²) < 4.78 is 17.2. The van der Waals surface area contributed by atoms with E-state index in [1.165, 1.54) is 0 Å². The Morgan fingerprint density at radius 2 is 1.92 bits per heavy atom. The molecule has 4 rings (SSSR count). The molecule has 1 aromatic heterocycles. The number of ether oxygens (including phenoxy) is 2. The van der Waals surface area contributed by atoms with Gasteiger partial charge in [0, 0.05) is 24.3 Å². The van der Waals surface area contributed by atoms with Crippen LogP contribution in [0.4, 0.5) is 10.5 Å². The van der Waals surface area contributed by atoms with E-state index in [2.05, 4.69) is 16.4 Å². The van der Waals surface area contributed by atoms with Crippen molar-refractivity contribution in [3.05, 3.63) is 47.5 Å². The zero-order valence-corrected chi connectivity index (χ0v) is 21.7. The Morgan fingerprint density at radius 1 is 1.22 bits per heavy atom. The van der Waals surface area contributed by atoms with Crippen molar-refractivity contribution in [2.24, 2.45) is 0 Å². The van der Waals surface area contributed by atoms with Crippen molar-refractivity contribution in [3.8, 4) is 17.5 Å². The first-order valence-electron chi connectivity index (χ1n) is 12.5. The molecular weight excluding hydrogens is 472 g/mol. The number of oxazole rings is 1. The fraction of sp³-hybridized carbons (Fsp3) is 0.429. The quantitative estimate of drug-likeness (QED) is 0.456. The lowest BCUT2D eigenvalue weighted by Crippen LogP contribution is -2.44. The molecule has 0 spiro atoms. The molecule has 3 aromatic rings. The fourth-order valence-corrected chi connectivity index (χ4v) is 4.05. The third-order valence-electron chi connectivity index (χ3n) is 6.59. The van der Waals surface area contributed by atoms with Gasteiger partial charge in [0.05, 0.1) is 17.7 Å². The number of piperidine rings is 1. The van der Waals surface area contributed by atoms with Gasteiger partial charge in [0.25, 0.3) is 0 Å². The molecule has 37 heavy (non-hydrogen) atoms. The molecule has 2 heterocycles. The smallest absolute Gasteiger partial charge is 0.410 e. The second-order valence-electron chi connectivity index (χ2n) is 9.88. The minimum Gasteiger partial charge on any atom is -0.443 e. The average molecular weight is 505 g/mol. The first kappa shape index (κ1) is 26.2. The second kappa shape index (κ2) is 11.0. The van der Waals surface area contributed by atoms with Gasteiger partial charge in [0.1, 0.15) is 17.7 Å². The van der Waals surface area contributed by atoms with Crippen molar-refractivity contribution in [1.82, 2.24) is 9.88 Å². The highest BCUT2D eigenvalue weighted by Crippen LogP contribution is 2.28. The van der Waals surface area contributed by atoms with Crippen molar-refractivity contribution in [2.75, 3.05) is 25.0 Å². The molecule has 0 saturated carbocycles. The standard InChI is InChI=1S/C28H32N4O5/c1-5-28(3,4)37-27(34)32-12-10-22(11-13-32)35-17-24(33)30-21-8-6-20(7-9-21)26-31-23-15-19(16-29)14-18(2)25(23)36-26/h6-9,14-15,22H,5,10-13,17H2,1-4H3,(H,30,33). The average Bonchev–Trinajstić information content (AvgIpc) is 3.33. The van der Waals surface area contributed by atoms with Crippen LogP contribution < -0.4 is 5.32 Å². The molecule has 0 atom stereocenters. The van der Waals surface area contributed by atoms with Crippen LogP contribution in [0, 0.1) is 18.3 Å². The van der Waals surface area contributed by atoms with Crippen LogP contribution in [0.15, 0.2) is 40.8 Å². The number of nitriles is 1. The molecule has 9 heteroatoms. The maximum atomic E-state index is 12.4. The van der Waals surface area contributed by atoms with Crippen LogP contribution in [0.25, 0.3) is 22.6 Å². The predicted molar refractivity (Wildman–Crippen MR) is 139 cm³/mol. The number of hydrogen-bond donors (Lipinski definition) is 1. The molecule has 1 N–H and O–H groups in total. The highest BCUT2D eigenvalue weighted by Gasteiger charge is 2.28. The first-order chi connectivity index (χ1) is 17.7. The highest BCUT2D eigenvalue weighted by molar-refractivity contribution is 5.92. The van der Waals surface area contributed by atoms with Crippen LogP contribution in [0.3, 0.4) is 0 Å². The molecule has 1 aliphatic heterocycles. The van der Waals surface area contributed by atoms with E-state index in [4.69, 9.17) is 19.2 Å². The van der Waals surface area contributed by atoms with Crippen LogP contribution in [-0.4, -0.2) is 53.3 Å². The minimum atomic E-state index is -0.482. The molecule has 2 amide bonds. The van der Waals surface area contributed by atoms with Gasteiger partial charge in [-0.1, -0.05) is 6.92 Å². The Morgan fingerprint density at radius 3 is 2.57 bits per heavy atom. The number of fused-ring (bicyclic) bond motifs is 1. The van der Waals surface area contributed by atoms with Crippen LogP contribution >= 0.6 is 0 Å². The number of nitrogens with zero attached hydrogens (tertiary/aromatic N) is 3. The number of anilines is 1. The molecule has 1 fully saturated rings. The summed E-state index contributed by atoms with van der Waals surface area (Å²) in [5.41, 5.74) is 3.58. The predicted octanol–water partition coefficient (Wildman–Crippen LogP) is 5.42. The van der Waals surface area contributed by atoms with Crippen molar-refractivity contribution < 1.29 is 23.5 Å². The maximum absolute atomic E-state index is 12.4. The zero-order valence-electron chi connectivity index (χ0n) is 21.7. The van der Waals surface area contributed by atoms with Gasteiger partial charge in [0.2, 0.25) is 11.8 Å². The number of likely N-dealkylation sites (tertiary alicyclic amines) is 1. The number of aromatic nitrogens is 1. The molecule has 9 nitrogen and oxygen atoms in total. The summed E-state index contributed by atoms with van der Waals surface area (Å²) in [5.74, 6) is 0.198. The lowest BCUT2D eigenvalue weighted by atomic mass is 10.1. The van der Waals surface area contributed by atoms with E-state index in [1.807, 2.05) is 39.8 Å². The topological polar surface area (TPSA) is 118 Å². The van der Waals surface area contributed by atoms with Gasteiger partial charge in [-0.2, -0.15) is 5.26 Å². The number of aryl methyl sites for hydroxylation is 1. The highest BCUT2D eigenvalue weighted by atomic mass is 16.6. The van der Waals surface area contributed by atoms with E-state index in [1.54, 1.807) is 29.2 Å². The number of hydrogen-bond acceptors (Lipinski definition) is 7. The van der Waals surface area contributed by atoms with Crippen molar-refractivity contribution in [3.63, 3.8) is 0 Å². The van der Waals surface area contributed by atoms with Gasteiger partial charge in [-0.05, 0) is 82.0 Å². The maximum Gasteiger partial charge on any atom is 0.410 e. The molecule has 0 bridgehead atoms. The normalized spacial score (nSPS) is 14.4. The van der Waals surface area contributed by atoms with E-state index >= 15 is 0 Å². The largest absolute Gasteiger partial charge is 0.443 e. The number of carbonyl (C=O) groups is 2. The lowest BCUT2D eigenvalue weighted by molar-refractivity contribution is -0.123. The van der Waals surface area contributed by atoms with E-state index < -0.39 is 5.60 Å². The Balaban J connectivity index is 1.25. The monoisotopic (exact) mass is 504 g/mol. The molecule has 0 unspecified atom stereocenters. The van der Waals surface area contributed by atoms with Gasteiger partial charge < -0.3 is 24.1 Å². The van der Waals surface area contributed by atoms with E-state index in [9.17, 15) is 9.59 Å². The summed E-state index contributed by atoms with van der Waals surface area (Å²) >= 11 is 0. The Labute approximate surface area is 216 Å². The molecule has 0 radical (unpaired) electrons. The zero-order chi connectivity index (χ0) is 26.6.